The Bertz CT molecular complexity index is 2170. The van der Waals surface area contributed by atoms with E-state index in [4.69, 9.17) is 0 Å². The summed E-state index contributed by atoms with van der Waals surface area (Å²) in [6, 6.07) is 44.3. The molecule has 0 saturated carbocycles. The highest BCUT2D eigenvalue weighted by atomic mass is 32.2. The molecule has 3 heteroatoms. The average molecular weight is 529 g/mol. The summed E-state index contributed by atoms with van der Waals surface area (Å²) in [5.41, 5.74) is 10.1. The Kier molecular flexibility index (Phi) is 4.64. The highest BCUT2D eigenvalue weighted by molar-refractivity contribution is 7.99. The van der Waals surface area contributed by atoms with Crippen LogP contribution in [0.3, 0.4) is 0 Å². The molecule has 1 aromatic heterocycles. The zero-order chi connectivity index (χ0) is 26.2. The van der Waals surface area contributed by atoms with E-state index in [1.807, 2.05) is 11.8 Å². The highest BCUT2D eigenvalue weighted by Crippen LogP contribution is 2.55. The third kappa shape index (κ3) is 3.07. The number of allylic oxidation sites excluding steroid dienone is 1. The van der Waals surface area contributed by atoms with Crippen LogP contribution >= 0.6 is 11.8 Å². The SMILES string of the molecule is C1=Cc2cccc3cc4c(c(c23)C1)Sc1ccccc1N4c1ccc2c(c1)c1ccccc1n2-c1ccccc1. The number of hydrogen-bond donors (Lipinski definition) is 0. The molecule has 0 unspecified atom stereocenters. The summed E-state index contributed by atoms with van der Waals surface area (Å²) >= 11 is 1.92. The lowest BCUT2D eigenvalue weighted by Crippen LogP contribution is -2.16. The molecule has 0 spiro atoms. The molecule has 9 rings (SSSR count). The molecule has 0 bridgehead atoms. The van der Waals surface area contributed by atoms with Gasteiger partial charge in [0.15, 0.2) is 0 Å². The number of fused-ring (bicyclic) bond motifs is 6. The molecule has 6 aromatic carbocycles. The van der Waals surface area contributed by atoms with Crippen LogP contribution in [0.15, 0.2) is 137 Å². The molecule has 1 aliphatic carbocycles. The third-order valence-corrected chi connectivity index (χ3v) is 9.56. The molecular weight excluding hydrogens is 504 g/mol. The minimum atomic E-state index is 0.962. The molecule has 7 aromatic rings. The van der Waals surface area contributed by atoms with Gasteiger partial charge < -0.3 is 9.47 Å². The van der Waals surface area contributed by atoms with Crippen LogP contribution in [0.25, 0.3) is 44.3 Å². The van der Waals surface area contributed by atoms with Gasteiger partial charge in [0.05, 0.1) is 22.4 Å². The summed E-state index contributed by atoms with van der Waals surface area (Å²) < 4.78 is 2.38. The van der Waals surface area contributed by atoms with Crippen molar-refractivity contribution in [3.8, 4) is 5.69 Å². The van der Waals surface area contributed by atoms with Gasteiger partial charge in [-0.1, -0.05) is 90.6 Å². The molecular formula is C37H24N2S. The lowest BCUT2D eigenvalue weighted by atomic mass is 9.92. The third-order valence-electron chi connectivity index (χ3n) is 8.34. The number of rotatable bonds is 2. The van der Waals surface area contributed by atoms with Gasteiger partial charge in [0.25, 0.3) is 0 Å². The summed E-state index contributed by atoms with van der Waals surface area (Å²) in [7, 11) is 0. The van der Waals surface area contributed by atoms with Crippen molar-refractivity contribution in [1.29, 1.82) is 0 Å². The lowest BCUT2D eigenvalue weighted by Gasteiger charge is -2.35. The Hall–Kier alpha value is -4.73. The molecule has 0 radical (unpaired) electrons. The van der Waals surface area contributed by atoms with Gasteiger partial charge in [-0.3, -0.25) is 0 Å². The number of nitrogens with zero attached hydrogens (tertiary/aromatic N) is 2. The number of aromatic nitrogens is 1. The Labute approximate surface area is 236 Å². The second-order valence-corrected chi connectivity index (χ2v) is 11.6. The van der Waals surface area contributed by atoms with Gasteiger partial charge >= 0.3 is 0 Å². The predicted molar refractivity (Wildman–Crippen MR) is 170 cm³/mol. The number of hydrogen-bond acceptors (Lipinski definition) is 2. The van der Waals surface area contributed by atoms with Crippen molar-refractivity contribution >= 4 is 67.5 Å². The van der Waals surface area contributed by atoms with E-state index in [1.165, 1.54) is 76.2 Å². The van der Waals surface area contributed by atoms with Crippen LogP contribution in [0, 0.1) is 0 Å². The van der Waals surface area contributed by atoms with Gasteiger partial charge in [0.2, 0.25) is 0 Å². The van der Waals surface area contributed by atoms with E-state index in [2.05, 4.69) is 143 Å². The first-order chi connectivity index (χ1) is 19.8. The maximum Gasteiger partial charge on any atom is 0.0610 e. The van der Waals surface area contributed by atoms with Crippen molar-refractivity contribution in [2.24, 2.45) is 0 Å². The molecule has 0 saturated heterocycles. The van der Waals surface area contributed by atoms with Gasteiger partial charge in [0.1, 0.15) is 0 Å². The summed E-state index contributed by atoms with van der Waals surface area (Å²) in [6.45, 7) is 0. The Morgan fingerprint density at radius 2 is 1.43 bits per heavy atom. The predicted octanol–water partition coefficient (Wildman–Crippen LogP) is 10.4. The van der Waals surface area contributed by atoms with E-state index >= 15 is 0 Å². The Morgan fingerprint density at radius 1 is 0.600 bits per heavy atom. The molecule has 0 amide bonds. The van der Waals surface area contributed by atoms with Crippen LogP contribution in [0.4, 0.5) is 17.1 Å². The standard InChI is InChI=1S/C37H24N2S/c1-2-13-26(14-3-1)38-31-17-5-4-15-28(31)30-23-27(20-21-32(30)38)39-33-18-6-7-19-35(33)40-37-29-16-9-11-24-10-8-12-25(36(24)29)22-34(37)39/h1-15,17-23H,16H2. The first-order valence-electron chi connectivity index (χ1n) is 13.8. The van der Waals surface area contributed by atoms with Gasteiger partial charge in [-0.25, -0.2) is 0 Å². The molecule has 2 aliphatic rings. The van der Waals surface area contributed by atoms with Gasteiger partial charge in [-0.15, -0.1) is 0 Å². The van der Waals surface area contributed by atoms with Gasteiger partial charge in [-0.05, 0) is 82.9 Å². The van der Waals surface area contributed by atoms with Crippen molar-refractivity contribution in [1.82, 2.24) is 4.57 Å². The van der Waals surface area contributed by atoms with E-state index in [9.17, 15) is 0 Å². The number of benzene rings is 6. The lowest BCUT2D eigenvalue weighted by molar-refractivity contribution is 1.12. The smallest absolute Gasteiger partial charge is 0.0610 e. The van der Waals surface area contributed by atoms with Crippen molar-refractivity contribution in [2.75, 3.05) is 4.90 Å². The molecule has 188 valence electrons. The molecule has 0 atom stereocenters. The van der Waals surface area contributed by atoms with Crippen LogP contribution in [0.1, 0.15) is 11.1 Å². The van der Waals surface area contributed by atoms with E-state index < -0.39 is 0 Å². The molecule has 1 aliphatic heterocycles. The second-order valence-electron chi connectivity index (χ2n) is 10.5. The minimum Gasteiger partial charge on any atom is -0.309 e. The first-order valence-corrected chi connectivity index (χ1v) is 14.6. The highest BCUT2D eigenvalue weighted by Gasteiger charge is 2.29. The molecule has 2 nitrogen and oxygen atoms in total. The van der Waals surface area contributed by atoms with Crippen molar-refractivity contribution < 1.29 is 0 Å². The summed E-state index contributed by atoms with van der Waals surface area (Å²) in [6.07, 6.45) is 5.55. The molecule has 40 heavy (non-hydrogen) atoms. The quantitative estimate of drug-likeness (QED) is 0.220. The van der Waals surface area contributed by atoms with Crippen LogP contribution in [0.2, 0.25) is 0 Å². The van der Waals surface area contributed by atoms with Crippen LogP contribution in [-0.4, -0.2) is 4.57 Å². The topological polar surface area (TPSA) is 8.17 Å². The number of para-hydroxylation sites is 3. The van der Waals surface area contributed by atoms with Gasteiger partial charge in [-0.2, -0.15) is 0 Å². The Morgan fingerprint density at radius 3 is 2.38 bits per heavy atom. The van der Waals surface area contributed by atoms with Gasteiger partial charge in [0, 0.05) is 31.9 Å². The maximum absolute atomic E-state index is 2.48. The summed E-state index contributed by atoms with van der Waals surface area (Å²) in [4.78, 5) is 5.15. The zero-order valence-corrected chi connectivity index (χ0v) is 22.5. The van der Waals surface area contributed by atoms with Crippen molar-refractivity contribution in [3.63, 3.8) is 0 Å². The Balaban J connectivity index is 1.34. The van der Waals surface area contributed by atoms with Crippen LogP contribution in [-0.2, 0) is 6.42 Å². The fourth-order valence-corrected chi connectivity index (χ4v) is 7.85. The summed E-state index contributed by atoms with van der Waals surface area (Å²) in [5.74, 6) is 0. The minimum absolute atomic E-state index is 0.962. The van der Waals surface area contributed by atoms with E-state index in [1.54, 1.807) is 0 Å². The average Bonchev–Trinajstić information content (AvgIpc) is 3.34. The zero-order valence-electron chi connectivity index (χ0n) is 21.7. The summed E-state index contributed by atoms with van der Waals surface area (Å²) in [5, 5.41) is 5.24. The fraction of sp³-hybridized carbons (Fsp3) is 0.0270. The van der Waals surface area contributed by atoms with Crippen LogP contribution in [0.5, 0.6) is 0 Å². The fourth-order valence-electron chi connectivity index (χ4n) is 6.66. The molecule has 0 fully saturated rings. The molecule has 0 N–H and O–H groups in total. The van der Waals surface area contributed by atoms with Crippen molar-refractivity contribution in [3.05, 3.63) is 139 Å². The largest absolute Gasteiger partial charge is 0.309 e. The second kappa shape index (κ2) is 8.38. The first kappa shape index (κ1) is 22.1. The monoisotopic (exact) mass is 528 g/mol. The van der Waals surface area contributed by atoms with E-state index in [0.29, 0.717) is 0 Å². The van der Waals surface area contributed by atoms with E-state index in [0.717, 1.165) is 6.42 Å². The molecule has 2 heterocycles. The number of anilines is 3. The van der Waals surface area contributed by atoms with E-state index in [-0.39, 0.29) is 0 Å². The maximum atomic E-state index is 2.48. The van der Waals surface area contributed by atoms with Crippen molar-refractivity contribution in [2.45, 2.75) is 16.2 Å². The normalized spacial score (nSPS) is 13.7. The van der Waals surface area contributed by atoms with Crippen LogP contribution < -0.4 is 4.90 Å².